The third-order valence-corrected chi connectivity index (χ3v) is 2.56. The van der Waals surface area contributed by atoms with Crippen LogP contribution in [0.15, 0.2) is 42.6 Å². The van der Waals surface area contributed by atoms with Gasteiger partial charge in [0.05, 0.1) is 24.6 Å². The van der Waals surface area contributed by atoms with Crippen molar-refractivity contribution in [3.8, 4) is 17.2 Å². The number of aromatic nitrogens is 1. The normalized spacial score (nSPS) is 11.9. The summed E-state index contributed by atoms with van der Waals surface area (Å²) in [6.45, 7) is 4.26. The molecule has 1 aromatic heterocycles. The molecule has 2 rings (SSSR count). The highest BCUT2D eigenvalue weighted by Gasteiger charge is 2.03. The molecule has 0 saturated carbocycles. The maximum Gasteiger partial charge on any atom is 0.145 e. The van der Waals surface area contributed by atoms with Crippen LogP contribution < -0.4 is 9.47 Å². The lowest BCUT2D eigenvalue weighted by atomic mass is 10.2. The van der Waals surface area contributed by atoms with E-state index in [2.05, 4.69) is 4.98 Å². The monoisotopic (exact) mass is 259 g/mol. The van der Waals surface area contributed by atoms with Gasteiger partial charge in [0.2, 0.25) is 0 Å². The van der Waals surface area contributed by atoms with Crippen molar-refractivity contribution in [2.24, 2.45) is 0 Å². The average Bonchev–Trinajstić information content (AvgIpc) is 2.42. The van der Waals surface area contributed by atoms with E-state index < -0.39 is 6.10 Å². The van der Waals surface area contributed by atoms with E-state index >= 15 is 0 Å². The van der Waals surface area contributed by atoms with Crippen LogP contribution in [0.4, 0.5) is 0 Å². The molecule has 0 spiro atoms. The van der Waals surface area contributed by atoms with Gasteiger partial charge in [-0.2, -0.15) is 0 Å². The highest BCUT2D eigenvalue weighted by atomic mass is 16.5. The second-order valence-electron chi connectivity index (χ2n) is 4.10. The number of hydrogen-bond acceptors (Lipinski definition) is 4. The summed E-state index contributed by atoms with van der Waals surface area (Å²) in [6.07, 6.45) is 1.03. The Kier molecular flexibility index (Phi) is 4.36. The maximum atomic E-state index is 9.37. The minimum atomic E-state index is -0.570. The molecule has 0 fully saturated rings. The zero-order valence-corrected chi connectivity index (χ0v) is 11.0. The van der Waals surface area contributed by atoms with Gasteiger partial charge in [0, 0.05) is 0 Å². The molecular weight excluding hydrogens is 242 g/mol. The lowest BCUT2D eigenvalue weighted by Gasteiger charge is -2.08. The standard InChI is InChI=1S/C15H17NO3/c1-3-18-12-4-6-13(7-5-12)19-14-8-9-15(11(2)17)16-10-14/h4-11,17H,3H2,1-2H3/t11-/m0/s1. The summed E-state index contributed by atoms with van der Waals surface area (Å²) in [7, 11) is 0. The first-order valence-corrected chi connectivity index (χ1v) is 6.23. The van der Waals surface area contributed by atoms with Crippen LogP contribution >= 0.6 is 0 Å². The second-order valence-corrected chi connectivity index (χ2v) is 4.10. The molecule has 1 heterocycles. The number of pyridine rings is 1. The molecule has 0 radical (unpaired) electrons. The fourth-order valence-electron chi connectivity index (χ4n) is 1.61. The molecule has 0 unspecified atom stereocenters. The van der Waals surface area contributed by atoms with Gasteiger partial charge >= 0.3 is 0 Å². The molecule has 0 saturated heterocycles. The van der Waals surface area contributed by atoms with E-state index in [1.165, 1.54) is 0 Å². The highest BCUT2D eigenvalue weighted by molar-refractivity contribution is 5.34. The van der Waals surface area contributed by atoms with E-state index in [0.717, 1.165) is 11.5 Å². The van der Waals surface area contributed by atoms with Crippen molar-refractivity contribution in [2.75, 3.05) is 6.61 Å². The molecule has 0 amide bonds. The molecule has 0 bridgehead atoms. The SMILES string of the molecule is CCOc1ccc(Oc2ccc([C@H](C)O)nc2)cc1. The first-order valence-electron chi connectivity index (χ1n) is 6.23. The molecule has 1 atom stereocenters. The van der Waals surface area contributed by atoms with Gasteiger partial charge in [-0.15, -0.1) is 0 Å². The Labute approximate surface area is 112 Å². The largest absolute Gasteiger partial charge is 0.494 e. The van der Waals surface area contributed by atoms with Crippen LogP contribution in [0.2, 0.25) is 0 Å². The quantitative estimate of drug-likeness (QED) is 0.894. The lowest BCUT2D eigenvalue weighted by molar-refractivity contribution is 0.194. The van der Waals surface area contributed by atoms with Gasteiger partial charge in [0.1, 0.15) is 17.2 Å². The molecule has 0 aliphatic heterocycles. The zero-order valence-electron chi connectivity index (χ0n) is 11.0. The van der Waals surface area contributed by atoms with Gasteiger partial charge < -0.3 is 14.6 Å². The van der Waals surface area contributed by atoms with Gasteiger partial charge in [-0.1, -0.05) is 0 Å². The van der Waals surface area contributed by atoms with E-state index in [0.29, 0.717) is 18.1 Å². The molecule has 1 N–H and O–H groups in total. The van der Waals surface area contributed by atoms with Crippen molar-refractivity contribution in [3.63, 3.8) is 0 Å². The summed E-state index contributed by atoms with van der Waals surface area (Å²) in [4.78, 5) is 4.12. The van der Waals surface area contributed by atoms with Crippen LogP contribution in [-0.4, -0.2) is 16.7 Å². The summed E-state index contributed by atoms with van der Waals surface area (Å²) >= 11 is 0. The fourth-order valence-corrected chi connectivity index (χ4v) is 1.61. The van der Waals surface area contributed by atoms with Crippen molar-refractivity contribution >= 4 is 0 Å². The molecular formula is C15H17NO3. The number of ether oxygens (including phenoxy) is 2. The van der Waals surface area contributed by atoms with Crippen LogP contribution in [0.3, 0.4) is 0 Å². The minimum Gasteiger partial charge on any atom is -0.494 e. The molecule has 4 heteroatoms. The zero-order chi connectivity index (χ0) is 13.7. The molecule has 1 aromatic carbocycles. The van der Waals surface area contributed by atoms with E-state index in [1.807, 2.05) is 31.2 Å². The molecule has 0 aliphatic carbocycles. The Balaban J connectivity index is 2.04. The van der Waals surface area contributed by atoms with Crippen molar-refractivity contribution in [3.05, 3.63) is 48.3 Å². The Morgan fingerprint density at radius 1 is 1.05 bits per heavy atom. The van der Waals surface area contributed by atoms with E-state index in [-0.39, 0.29) is 0 Å². The smallest absolute Gasteiger partial charge is 0.145 e. The first-order chi connectivity index (χ1) is 9.19. The summed E-state index contributed by atoms with van der Waals surface area (Å²) < 4.78 is 11.0. The molecule has 19 heavy (non-hydrogen) atoms. The summed E-state index contributed by atoms with van der Waals surface area (Å²) in [5.41, 5.74) is 0.624. The lowest BCUT2D eigenvalue weighted by Crippen LogP contribution is -1.95. The predicted molar refractivity (Wildman–Crippen MR) is 72.6 cm³/mol. The number of benzene rings is 1. The van der Waals surface area contributed by atoms with Gasteiger partial charge in [-0.05, 0) is 50.2 Å². The summed E-state index contributed by atoms with van der Waals surface area (Å²) in [6, 6.07) is 10.9. The highest BCUT2D eigenvalue weighted by Crippen LogP contribution is 2.24. The second kappa shape index (κ2) is 6.20. The van der Waals surface area contributed by atoms with Crippen molar-refractivity contribution in [1.82, 2.24) is 4.98 Å². The van der Waals surface area contributed by atoms with Gasteiger partial charge in [0.25, 0.3) is 0 Å². The summed E-state index contributed by atoms with van der Waals surface area (Å²) in [5.74, 6) is 2.17. The van der Waals surface area contributed by atoms with Crippen LogP contribution in [0, 0.1) is 0 Å². The number of hydrogen-bond donors (Lipinski definition) is 1. The topological polar surface area (TPSA) is 51.6 Å². The van der Waals surface area contributed by atoms with Crippen LogP contribution in [-0.2, 0) is 0 Å². The van der Waals surface area contributed by atoms with Crippen molar-refractivity contribution in [1.29, 1.82) is 0 Å². The Hall–Kier alpha value is -2.07. The number of aliphatic hydroxyl groups is 1. The number of nitrogens with zero attached hydrogens (tertiary/aromatic N) is 1. The first kappa shape index (κ1) is 13.4. The Bertz CT molecular complexity index is 506. The Morgan fingerprint density at radius 3 is 2.21 bits per heavy atom. The van der Waals surface area contributed by atoms with E-state index in [9.17, 15) is 5.11 Å². The summed E-state index contributed by atoms with van der Waals surface area (Å²) in [5, 5.41) is 9.37. The minimum absolute atomic E-state index is 0.570. The van der Waals surface area contributed by atoms with Gasteiger partial charge in [-0.3, -0.25) is 4.98 Å². The number of aliphatic hydroxyl groups excluding tert-OH is 1. The molecule has 100 valence electrons. The number of rotatable bonds is 5. The van der Waals surface area contributed by atoms with Crippen LogP contribution in [0.5, 0.6) is 17.2 Å². The average molecular weight is 259 g/mol. The van der Waals surface area contributed by atoms with Crippen molar-refractivity contribution in [2.45, 2.75) is 20.0 Å². The van der Waals surface area contributed by atoms with Gasteiger partial charge in [0.15, 0.2) is 0 Å². The fraction of sp³-hybridized carbons (Fsp3) is 0.267. The van der Waals surface area contributed by atoms with Crippen LogP contribution in [0.25, 0.3) is 0 Å². The molecule has 4 nitrogen and oxygen atoms in total. The van der Waals surface area contributed by atoms with E-state index in [4.69, 9.17) is 9.47 Å². The third kappa shape index (κ3) is 3.69. The molecule has 0 aliphatic rings. The van der Waals surface area contributed by atoms with Gasteiger partial charge in [-0.25, -0.2) is 0 Å². The van der Waals surface area contributed by atoms with E-state index in [1.54, 1.807) is 25.3 Å². The maximum absolute atomic E-state index is 9.37. The van der Waals surface area contributed by atoms with Crippen LogP contribution in [0.1, 0.15) is 25.6 Å². The Morgan fingerprint density at radius 2 is 1.68 bits per heavy atom. The van der Waals surface area contributed by atoms with Crippen molar-refractivity contribution < 1.29 is 14.6 Å². The predicted octanol–water partition coefficient (Wildman–Crippen LogP) is 3.33. The third-order valence-electron chi connectivity index (χ3n) is 2.56. The molecule has 2 aromatic rings.